The van der Waals surface area contributed by atoms with Gasteiger partial charge in [0.15, 0.2) is 11.5 Å². The number of aromatic hydroxyl groups is 1. The molecule has 20 heavy (non-hydrogen) atoms. The molecule has 3 nitrogen and oxygen atoms in total. The Kier molecular flexibility index (Phi) is 4.25. The SMILES string of the molecule is COc1cc(/C=C/c2ccc(O)cc2)cc(OC)c1F. The highest BCUT2D eigenvalue weighted by Gasteiger charge is 2.10. The summed E-state index contributed by atoms with van der Waals surface area (Å²) in [6.07, 6.45) is 3.67. The van der Waals surface area contributed by atoms with Crippen LogP contribution in [0, 0.1) is 5.82 Å². The lowest BCUT2D eigenvalue weighted by molar-refractivity contribution is 0.350. The zero-order valence-corrected chi connectivity index (χ0v) is 11.3. The summed E-state index contributed by atoms with van der Waals surface area (Å²) in [5.74, 6) is -0.0338. The van der Waals surface area contributed by atoms with Gasteiger partial charge in [0.2, 0.25) is 5.82 Å². The van der Waals surface area contributed by atoms with Crippen molar-refractivity contribution in [2.75, 3.05) is 14.2 Å². The van der Waals surface area contributed by atoms with Crippen LogP contribution in [-0.4, -0.2) is 19.3 Å². The van der Waals surface area contributed by atoms with Crippen LogP contribution in [0.5, 0.6) is 17.2 Å². The maximum absolute atomic E-state index is 13.8. The molecule has 2 aromatic rings. The zero-order chi connectivity index (χ0) is 14.5. The number of rotatable bonds is 4. The number of ether oxygens (including phenoxy) is 2. The van der Waals surface area contributed by atoms with Crippen LogP contribution in [0.15, 0.2) is 36.4 Å². The van der Waals surface area contributed by atoms with E-state index in [2.05, 4.69) is 0 Å². The lowest BCUT2D eigenvalue weighted by Gasteiger charge is -2.08. The molecule has 0 saturated carbocycles. The fraction of sp³-hybridized carbons (Fsp3) is 0.125. The molecule has 0 aliphatic heterocycles. The third-order valence-corrected chi connectivity index (χ3v) is 2.83. The second-order valence-corrected chi connectivity index (χ2v) is 4.16. The summed E-state index contributed by atoms with van der Waals surface area (Å²) in [5.41, 5.74) is 1.68. The number of methoxy groups -OCH3 is 2. The molecule has 0 aliphatic rings. The Morgan fingerprint density at radius 2 is 1.40 bits per heavy atom. The highest BCUT2D eigenvalue weighted by molar-refractivity contribution is 5.71. The maximum Gasteiger partial charge on any atom is 0.206 e. The minimum absolute atomic E-state index is 0.134. The van der Waals surface area contributed by atoms with E-state index < -0.39 is 5.82 Å². The Balaban J connectivity index is 2.31. The highest BCUT2D eigenvalue weighted by atomic mass is 19.1. The van der Waals surface area contributed by atoms with Crippen LogP contribution in [0.25, 0.3) is 12.2 Å². The monoisotopic (exact) mass is 274 g/mol. The summed E-state index contributed by atoms with van der Waals surface area (Å²) in [5, 5.41) is 9.21. The molecule has 0 heterocycles. The van der Waals surface area contributed by atoms with Gasteiger partial charge in [0.25, 0.3) is 0 Å². The second kappa shape index (κ2) is 6.10. The summed E-state index contributed by atoms with van der Waals surface area (Å²) in [6, 6.07) is 9.95. The molecule has 0 aromatic heterocycles. The van der Waals surface area contributed by atoms with E-state index in [1.54, 1.807) is 36.4 Å². The Morgan fingerprint density at radius 3 is 1.90 bits per heavy atom. The third-order valence-electron chi connectivity index (χ3n) is 2.83. The van der Waals surface area contributed by atoms with Crippen molar-refractivity contribution < 1.29 is 19.0 Å². The number of benzene rings is 2. The molecule has 0 atom stereocenters. The van der Waals surface area contributed by atoms with Crippen LogP contribution in [-0.2, 0) is 0 Å². The number of hydrogen-bond donors (Lipinski definition) is 1. The fourth-order valence-electron chi connectivity index (χ4n) is 1.76. The number of phenolic OH excluding ortho intramolecular Hbond substituents is 1. The molecular formula is C16H15FO3. The second-order valence-electron chi connectivity index (χ2n) is 4.16. The van der Waals surface area contributed by atoms with Crippen LogP contribution >= 0.6 is 0 Å². The van der Waals surface area contributed by atoms with Gasteiger partial charge in [-0.1, -0.05) is 24.3 Å². The van der Waals surface area contributed by atoms with Crippen LogP contribution in [0.3, 0.4) is 0 Å². The topological polar surface area (TPSA) is 38.7 Å². The van der Waals surface area contributed by atoms with Crippen molar-refractivity contribution in [1.29, 1.82) is 0 Å². The summed E-state index contributed by atoms with van der Waals surface area (Å²) < 4.78 is 23.7. The largest absolute Gasteiger partial charge is 0.508 e. The van der Waals surface area contributed by atoms with E-state index in [-0.39, 0.29) is 17.2 Å². The molecule has 0 bridgehead atoms. The van der Waals surface area contributed by atoms with Crippen LogP contribution < -0.4 is 9.47 Å². The van der Waals surface area contributed by atoms with Gasteiger partial charge in [0.05, 0.1) is 14.2 Å². The molecule has 4 heteroatoms. The van der Waals surface area contributed by atoms with Gasteiger partial charge in [0.1, 0.15) is 5.75 Å². The van der Waals surface area contributed by atoms with Crippen LogP contribution in [0.1, 0.15) is 11.1 Å². The van der Waals surface area contributed by atoms with Crippen molar-refractivity contribution in [2.24, 2.45) is 0 Å². The molecule has 0 amide bonds. The van der Waals surface area contributed by atoms with E-state index in [1.165, 1.54) is 14.2 Å². The van der Waals surface area contributed by atoms with Crippen molar-refractivity contribution in [3.05, 3.63) is 53.3 Å². The van der Waals surface area contributed by atoms with Gasteiger partial charge in [-0.05, 0) is 35.4 Å². The predicted molar refractivity (Wildman–Crippen MR) is 76.5 cm³/mol. The average Bonchev–Trinajstić information content (AvgIpc) is 2.47. The highest BCUT2D eigenvalue weighted by Crippen LogP contribution is 2.29. The van der Waals surface area contributed by atoms with Crippen molar-refractivity contribution in [1.82, 2.24) is 0 Å². The number of hydrogen-bond acceptors (Lipinski definition) is 3. The predicted octanol–water partition coefficient (Wildman–Crippen LogP) is 3.72. The van der Waals surface area contributed by atoms with Crippen LogP contribution in [0.4, 0.5) is 4.39 Å². The number of phenols is 1. The van der Waals surface area contributed by atoms with Crippen molar-refractivity contribution in [2.45, 2.75) is 0 Å². The van der Waals surface area contributed by atoms with Gasteiger partial charge >= 0.3 is 0 Å². The Bertz CT molecular complexity index is 593. The van der Waals surface area contributed by atoms with E-state index >= 15 is 0 Å². The van der Waals surface area contributed by atoms with Crippen LogP contribution in [0.2, 0.25) is 0 Å². The maximum atomic E-state index is 13.8. The summed E-state index contributed by atoms with van der Waals surface area (Å²) in [4.78, 5) is 0. The quantitative estimate of drug-likeness (QED) is 0.864. The third kappa shape index (κ3) is 3.09. The minimum atomic E-state index is -0.517. The molecule has 0 fully saturated rings. The molecule has 0 saturated heterocycles. The van der Waals surface area contributed by atoms with Gasteiger partial charge in [-0.15, -0.1) is 0 Å². The van der Waals surface area contributed by atoms with Gasteiger partial charge in [-0.3, -0.25) is 0 Å². The molecule has 104 valence electrons. The van der Waals surface area contributed by atoms with Gasteiger partial charge in [-0.2, -0.15) is 4.39 Å². The first-order valence-electron chi connectivity index (χ1n) is 6.02. The summed E-state index contributed by atoms with van der Waals surface area (Å²) in [7, 11) is 2.82. The Labute approximate surface area is 116 Å². The van der Waals surface area contributed by atoms with E-state index in [0.29, 0.717) is 0 Å². The summed E-state index contributed by atoms with van der Waals surface area (Å²) in [6.45, 7) is 0. The average molecular weight is 274 g/mol. The lowest BCUT2D eigenvalue weighted by Crippen LogP contribution is -1.94. The zero-order valence-electron chi connectivity index (χ0n) is 11.3. The normalized spacial score (nSPS) is 10.8. The first-order chi connectivity index (χ1) is 9.63. The van der Waals surface area contributed by atoms with E-state index in [9.17, 15) is 9.50 Å². The lowest BCUT2D eigenvalue weighted by atomic mass is 10.1. The molecule has 2 rings (SSSR count). The molecule has 1 N–H and O–H groups in total. The molecule has 0 spiro atoms. The van der Waals surface area contributed by atoms with Crippen molar-refractivity contribution >= 4 is 12.2 Å². The minimum Gasteiger partial charge on any atom is -0.508 e. The van der Waals surface area contributed by atoms with E-state index in [4.69, 9.17) is 9.47 Å². The Morgan fingerprint density at radius 1 is 0.900 bits per heavy atom. The van der Waals surface area contributed by atoms with E-state index in [1.807, 2.05) is 12.2 Å². The molecule has 0 aliphatic carbocycles. The molecule has 0 radical (unpaired) electrons. The molecule has 2 aromatic carbocycles. The first-order valence-corrected chi connectivity index (χ1v) is 6.02. The fourth-order valence-corrected chi connectivity index (χ4v) is 1.76. The first kappa shape index (κ1) is 13.9. The summed E-state index contributed by atoms with van der Waals surface area (Å²) >= 11 is 0. The standard InChI is InChI=1S/C16H15FO3/c1-19-14-9-12(10-15(20-2)16(14)17)4-3-11-5-7-13(18)8-6-11/h3-10,18H,1-2H3/b4-3+. The molecule has 0 unspecified atom stereocenters. The van der Waals surface area contributed by atoms with Gasteiger partial charge in [0, 0.05) is 0 Å². The smallest absolute Gasteiger partial charge is 0.206 e. The Hall–Kier alpha value is -2.49. The molecular weight excluding hydrogens is 259 g/mol. The van der Waals surface area contributed by atoms with Gasteiger partial charge < -0.3 is 14.6 Å². The van der Waals surface area contributed by atoms with Gasteiger partial charge in [-0.25, -0.2) is 0 Å². The number of halogens is 1. The van der Waals surface area contributed by atoms with Crippen molar-refractivity contribution in [3.63, 3.8) is 0 Å². The van der Waals surface area contributed by atoms with E-state index in [0.717, 1.165) is 11.1 Å². The van der Waals surface area contributed by atoms with Crippen molar-refractivity contribution in [3.8, 4) is 17.2 Å².